The quantitative estimate of drug-likeness (QED) is 0.429. The van der Waals surface area contributed by atoms with Crippen molar-refractivity contribution in [3.05, 3.63) is 69.2 Å². The van der Waals surface area contributed by atoms with Crippen LogP contribution >= 0.6 is 12.2 Å². The summed E-state index contributed by atoms with van der Waals surface area (Å²) in [5.41, 5.74) is 5.99. The SMILES string of the molecule is COc1cc(/C=N\n2cn[nH]c2=S)ccc1OCc1c(C)cc(C(C)(C)C)cc1C. The van der Waals surface area contributed by atoms with Gasteiger partial charge in [0.1, 0.15) is 12.9 Å². The summed E-state index contributed by atoms with van der Waals surface area (Å²) in [7, 11) is 1.63. The number of benzene rings is 2. The smallest absolute Gasteiger partial charge is 0.216 e. The van der Waals surface area contributed by atoms with Gasteiger partial charge in [0.2, 0.25) is 4.77 Å². The van der Waals surface area contributed by atoms with Crippen molar-refractivity contribution in [2.24, 2.45) is 5.10 Å². The van der Waals surface area contributed by atoms with Crippen LogP contribution in [-0.2, 0) is 12.0 Å². The van der Waals surface area contributed by atoms with Crippen molar-refractivity contribution in [1.29, 1.82) is 0 Å². The molecule has 158 valence electrons. The molecule has 0 bridgehead atoms. The Kier molecular flexibility index (Phi) is 6.41. The van der Waals surface area contributed by atoms with Crippen molar-refractivity contribution in [3.63, 3.8) is 0 Å². The van der Waals surface area contributed by atoms with E-state index in [-0.39, 0.29) is 5.41 Å². The molecule has 6 nitrogen and oxygen atoms in total. The predicted octanol–water partition coefficient (Wildman–Crippen LogP) is 5.32. The molecule has 0 fully saturated rings. The van der Waals surface area contributed by atoms with Crippen molar-refractivity contribution in [3.8, 4) is 11.5 Å². The Morgan fingerprint density at radius 2 is 1.83 bits per heavy atom. The van der Waals surface area contributed by atoms with Crippen molar-refractivity contribution >= 4 is 18.4 Å². The minimum atomic E-state index is 0.121. The van der Waals surface area contributed by atoms with Gasteiger partial charge in [-0.1, -0.05) is 32.9 Å². The van der Waals surface area contributed by atoms with Gasteiger partial charge in [0.25, 0.3) is 0 Å². The third-order valence-electron chi connectivity index (χ3n) is 4.99. The molecule has 1 heterocycles. The van der Waals surface area contributed by atoms with E-state index in [2.05, 4.69) is 62.1 Å². The van der Waals surface area contributed by atoms with Crippen molar-refractivity contribution in [1.82, 2.24) is 14.9 Å². The first-order chi connectivity index (χ1) is 14.2. The van der Waals surface area contributed by atoms with Crippen LogP contribution in [-0.4, -0.2) is 28.2 Å². The Morgan fingerprint density at radius 1 is 1.13 bits per heavy atom. The summed E-state index contributed by atoms with van der Waals surface area (Å²) in [5, 5.41) is 10.8. The molecule has 0 amide bonds. The van der Waals surface area contributed by atoms with E-state index >= 15 is 0 Å². The number of aromatic amines is 1. The van der Waals surface area contributed by atoms with E-state index in [0.717, 1.165) is 5.56 Å². The fraction of sp³-hybridized carbons (Fsp3) is 0.348. The van der Waals surface area contributed by atoms with Crippen LogP contribution in [0.3, 0.4) is 0 Å². The lowest BCUT2D eigenvalue weighted by Crippen LogP contribution is -2.13. The number of hydrogen-bond acceptors (Lipinski definition) is 5. The number of ether oxygens (including phenoxy) is 2. The summed E-state index contributed by atoms with van der Waals surface area (Å²) >= 11 is 5.09. The van der Waals surface area contributed by atoms with Crippen LogP contribution < -0.4 is 9.47 Å². The summed E-state index contributed by atoms with van der Waals surface area (Å²) in [6.45, 7) is 11.4. The molecule has 3 aromatic rings. The Morgan fingerprint density at radius 3 is 2.40 bits per heavy atom. The second-order valence-corrected chi connectivity index (χ2v) is 8.67. The monoisotopic (exact) mass is 424 g/mol. The minimum Gasteiger partial charge on any atom is -0.493 e. The highest BCUT2D eigenvalue weighted by molar-refractivity contribution is 7.71. The van der Waals surface area contributed by atoms with Crippen molar-refractivity contribution < 1.29 is 9.47 Å². The van der Waals surface area contributed by atoms with E-state index in [1.54, 1.807) is 13.3 Å². The zero-order valence-electron chi connectivity index (χ0n) is 18.3. The van der Waals surface area contributed by atoms with Gasteiger partial charge in [-0.05, 0) is 77.5 Å². The van der Waals surface area contributed by atoms with Crippen LogP contribution in [0.4, 0.5) is 0 Å². The van der Waals surface area contributed by atoms with Crippen LogP contribution in [0.1, 0.15) is 48.6 Å². The van der Waals surface area contributed by atoms with Gasteiger partial charge in [0.15, 0.2) is 11.5 Å². The van der Waals surface area contributed by atoms with Gasteiger partial charge in [-0.2, -0.15) is 14.9 Å². The van der Waals surface area contributed by atoms with Crippen LogP contribution in [0.5, 0.6) is 11.5 Å². The molecule has 7 heteroatoms. The van der Waals surface area contributed by atoms with E-state index in [4.69, 9.17) is 21.7 Å². The number of H-pyrrole nitrogens is 1. The van der Waals surface area contributed by atoms with Gasteiger partial charge in [-0.3, -0.25) is 5.10 Å². The van der Waals surface area contributed by atoms with Gasteiger partial charge in [-0.25, -0.2) is 0 Å². The number of methoxy groups -OCH3 is 1. The Labute approximate surface area is 182 Å². The molecule has 0 radical (unpaired) electrons. The maximum absolute atomic E-state index is 6.12. The molecule has 0 atom stereocenters. The number of aryl methyl sites for hydroxylation is 2. The molecule has 1 N–H and O–H groups in total. The molecular weight excluding hydrogens is 396 g/mol. The fourth-order valence-corrected chi connectivity index (χ4v) is 3.29. The molecule has 0 saturated heterocycles. The first-order valence-electron chi connectivity index (χ1n) is 9.77. The summed E-state index contributed by atoms with van der Waals surface area (Å²) in [5.74, 6) is 1.34. The number of hydrogen-bond donors (Lipinski definition) is 1. The third-order valence-corrected chi connectivity index (χ3v) is 5.27. The number of nitrogens with zero attached hydrogens (tertiary/aromatic N) is 3. The van der Waals surface area contributed by atoms with E-state index in [0.29, 0.717) is 22.9 Å². The molecule has 3 rings (SSSR count). The molecule has 0 unspecified atom stereocenters. The minimum absolute atomic E-state index is 0.121. The first kappa shape index (κ1) is 21.8. The third kappa shape index (κ3) is 4.97. The van der Waals surface area contributed by atoms with E-state index in [9.17, 15) is 0 Å². The summed E-state index contributed by atoms with van der Waals surface area (Å²) in [6, 6.07) is 10.2. The lowest BCUT2D eigenvalue weighted by atomic mass is 9.84. The maximum Gasteiger partial charge on any atom is 0.216 e. The molecule has 30 heavy (non-hydrogen) atoms. The normalized spacial score (nSPS) is 11.8. The number of aromatic nitrogens is 3. The lowest BCUT2D eigenvalue weighted by molar-refractivity contribution is 0.283. The fourth-order valence-electron chi connectivity index (χ4n) is 3.14. The van der Waals surface area contributed by atoms with Crippen LogP contribution in [0.15, 0.2) is 41.8 Å². The molecule has 0 aliphatic heterocycles. The van der Waals surface area contributed by atoms with E-state index < -0.39 is 0 Å². The molecular formula is C23H28N4O2S. The van der Waals surface area contributed by atoms with Gasteiger partial charge in [0, 0.05) is 0 Å². The molecule has 2 aromatic carbocycles. The topological polar surface area (TPSA) is 64.4 Å². The first-order valence-corrected chi connectivity index (χ1v) is 10.2. The zero-order valence-corrected chi connectivity index (χ0v) is 19.1. The van der Waals surface area contributed by atoms with Gasteiger partial charge >= 0.3 is 0 Å². The Bertz CT molecular complexity index is 1100. The highest BCUT2D eigenvalue weighted by Gasteiger charge is 2.17. The highest BCUT2D eigenvalue weighted by Crippen LogP contribution is 2.31. The van der Waals surface area contributed by atoms with Crippen LogP contribution in [0.25, 0.3) is 0 Å². The average molecular weight is 425 g/mol. The average Bonchev–Trinajstić information content (AvgIpc) is 3.10. The van der Waals surface area contributed by atoms with Crippen molar-refractivity contribution in [2.45, 2.75) is 46.6 Å². The molecule has 1 aromatic heterocycles. The van der Waals surface area contributed by atoms with Crippen molar-refractivity contribution in [2.75, 3.05) is 7.11 Å². The second-order valence-electron chi connectivity index (χ2n) is 8.29. The Balaban J connectivity index is 1.78. The Hall–Kier alpha value is -2.93. The predicted molar refractivity (Wildman–Crippen MR) is 122 cm³/mol. The van der Waals surface area contributed by atoms with E-state index in [1.165, 1.54) is 33.3 Å². The molecule has 0 aliphatic rings. The number of rotatable bonds is 6. The summed E-state index contributed by atoms with van der Waals surface area (Å²) in [4.78, 5) is 0. The largest absolute Gasteiger partial charge is 0.493 e. The molecule has 0 aliphatic carbocycles. The molecule has 0 spiro atoms. The molecule has 0 saturated carbocycles. The second kappa shape index (κ2) is 8.83. The van der Waals surface area contributed by atoms with Gasteiger partial charge in [-0.15, -0.1) is 0 Å². The van der Waals surface area contributed by atoms with Gasteiger partial charge in [0.05, 0.1) is 13.3 Å². The zero-order chi connectivity index (χ0) is 21.9. The van der Waals surface area contributed by atoms with Crippen LogP contribution in [0, 0.1) is 18.6 Å². The standard InChI is InChI=1S/C23H28N4O2S/c1-15-9-18(23(3,4)5)10-16(2)19(15)13-29-20-8-7-17(11-21(20)28-6)12-25-27-14-24-26-22(27)30/h7-12,14H,13H2,1-6H3,(H,26,30)/b25-12-. The van der Waals surface area contributed by atoms with Gasteiger partial charge < -0.3 is 9.47 Å². The summed E-state index contributed by atoms with van der Waals surface area (Å²) < 4.78 is 13.6. The lowest BCUT2D eigenvalue weighted by Gasteiger charge is -2.22. The summed E-state index contributed by atoms with van der Waals surface area (Å²) in [6.07, 6.45) is 3.21. The van der Waals surface area contributed by atoms with Crippen LogP contribution in [0.2, 0.25) is 0 Å². The van der Waals surface area contributed by atoms with E-state index in [1.807, 2.05) is 18.2 Å². The maximum atomic E-state index is 6.12. The number of nitrogens with one attached hydrogen (secondary N) is 1. The highest BCUT2D eigenvalue weighted by atomic mass is 32.1.